The minimum absolute atomic E-state index is 0.230. The quantitative estimate of drug-likeness (QED) is 0.849. The molecular weight excluding hydrogens is 238 g/mol. The highest BCUT2D eigenvalue weighted by Gasteiger charge is 2.27. The van der Waals surface area contributed by atoms with E-state index in [0.717, 1.165) is 43.9 Å². The Labute approximate surface area is 116 Å². The Morgan fingerprint density at radius 3 is 2.89 bits per heavy atom. The lowest BCUT2D eigenvalue weighted by atomic mass is 9.96. The highest BCUT2D eigenvalue weighted by molar-refractivity contribution is 5.49. The zero-order valence-corrected chi connectivity index (χ0v) is 12.2. The number of para-hydroxylation sites is 1. The van der Waals surface area contributed by atoms with Gasteiger partial charge in [-0.2, -0.15) is 0 Å². The number of fused-ring (bicyclic) bond motifs is 1. The van der Waals surface area contributed by atoms with Gasteiger partial charge >= 0.3 is 0 Å². The van der Waals surface area contributed by atoms with Crippen LogP contribution in [0.25, 0.3) is 0 Å². The third kappa shape index (κ3) is 3.41. The zero-order chi connectivity index (χ0) is 13.7. The summed E-state index contributed by atoms with van der Waals surface area (Å²) in [6, 6.07) is 6.59. The van der Waals surface area contributed by atoms with Gasteiger partial charge in [-0.1, -0.05) is 26.0 Å². The summed E-state index contributed by atoms with van der Waals surface area (Å²) in [5, 5.41) is 3.61. The third-order valence-electron chi connectivity index (χ3n) is 3.37. The molecule has 106 valence electrons. The number of rotatable bonds is 6. The Kier molecular flexibility index (Phi) is 5.08. The van der Waals surface area contributed by atoms with Crippen molar-refractivity contribution >= 4 is 0 Å². The molecule has 19 heavy (non-hydrogen) atoms. The Morgan fingerprint density at radius 1 is 1.32 bits per heavy atom. The van der Waals surface area contributed by atoms with Crippen LogP contribution in [0.5, 0.6) is 11.5 Å². The molecule has 1 heterocycles. The molecule has 3 heteroatoms. The predicted molar refractivity (Wildman–Crippen MR) is 78.0 cm³/mol. The second-order valence-electron chi connectivity index (χ2n) is 5.19. The number of benzene rings is 1. The standard InChI is InChI=1S/C16H25NO2/c1-4-9-17-14-11-12(3)19-16-13(14)7-6-8-15(16)18-10-5-2/h6-8,12,14,17H,4-5,9-11H2,1-3H3. The summed E-state index contributed by atoms with van der Waals surface area (Å²) in [5.41, 5.74) is 1.24. The van der Waals surface area contributed by atoms with Crippen LogP contribution in [-0.4, -0.2) is 19.3 Å². The molecule has 0 aromatic heterocycles. The van der Waals surface area contributed by atoms with Gasteiger partial charge in [-0.25, -0.2) is 0 Å². The van der Waals surface area contributed by atoms with E-state index in [4.69, 9.17) is 9.47 Å². The van der Waals surface area contributed by atoms with Crippen LogP contribution < -0.4 is 14.8 Å². The van der Waals surface area contributed by atoms with E-state index in [0.29, 0.717) is 6.04 Å². The third-order valence-corrected chi connectivity index (χ3v) is 3.37. The smallest absolute Gasteiger partial charge is 0.166 e. The number of hydrogen-bond donors (Lipinski definition) is 1. The van der Waals surface area contributed by atoms with Crippen molar-refractivity contribution in [3.8, 4) is 11.5 Å². The van der Waals surface area contributed by atoms with E-state index in [1.165, 1.54) is 5.56 Å². The Bertz CT molecular complexity index is 406. The lowest BCUT2D eigenvalue weighted by Crippen LogP contribution is -2.32. The molecule has 0 saturated heterocycles. The Balaban J connectivity index is 2.23. The van der Waals surface area contributed by atoms with Crippen LogP contribution in [0.2, 0.25) is 0 Å². The number of nitrogens with one attached hydrogen (secondary N) is 1. The minimum atomic E-state index is 0.230. The monoisotopic (exact) mass is 263 g/mol. The Hall–Kier alpha value is -1.22. The molecule has 0 aliphatic carbocycles. The molecule has 2 unspecified atom stereocenters. The molecular formula is C16H25NO2. The second kappa shape index (κ2) is 6.80. The van der Waals surface area contributed by atoms with E-state index >= 15 is 0 Å². The lowest BCUT2D eigenvalue weighted by Gasteiger charge is -2.32. The summed E-state index contributed by atoms with van der Waals surface area (Å²) in [4.78, 5) is 0. The summed E-state index contributed by atoms with van der Waals surface area (Å²) in [6.07, 6.45) is 3.40. The second-order valence-corrected chi connectivity index (χ2v) is 5.19. The Morgan fingerprint density at radius 2 is 2.16 bits per heavy atom. The summed E-state index contributed by atoms with van der Waals surface area (Å²) in [7, 11) is 0. The summed E-state index contributed by atoms with van der Waals surface area (Å²) >= 11 is 0. The summed E-state index contributed by atoms with van der Waals surface area (Å²) in [6.45, 7) is 8.21. The largest absolute Gasteiger partial charge is 0.490 e. The predicted octanol–water partition coefficient (Wildman–Crippen LogP) is 3.69. The van der Waals surface area contributed by atoms with Gasteiger partial charge in [0.15, 0.2) is 11.5 Å². The van der Waals surface area contributed by atoms with Crippen LogP contribution in [0, 0.1) is 0 Å². The minimum Gasteiger partial charge on any atom is -0.490 e. The lowest BCUT2D eigenvalue weighted by molar-refractivity contribution is 0.156. The first-order valence-electron chi connectivity index (χ1n) is 7.42. The van der Waals surface area contributed by atoms with Crippen molar-refractivity contribution in [2.24, 2.45) is 0 Å². The van der Waals surface area contributed by atoms with Crippen LogP contribution >= 0.6 is 0 Å². The molecule has 0 radical (unpaired) electrons. The van der Waals surface area contributed by atoms with Crippen LogP contribution in [0.3, 0.4) is 0 Å². The summed E-state index contributed by atoms with van der Waals surface area (Å²) in [5.74, 6) is 1.82. The van der Waals surface area contributed by atoms with Crippen LogP contribution in [0.1, 0.15) is 51.6 Å². The molecule has 0 spiro atoms. The normalized spacial score (nSPS) is 21.6. The fraction of sp³-hybridized carbons (Fsp3) is 0.625. The van der Waals surface area contributed by atoms with Crippen LogP contribution in [0.4, 0.5) is 0 Å². The van der Waals surface area contributed by atoms with Gasteiger partial charge in [0.25, 0.3) is 0 Å². The van der Waals surface area contributed by atoms with Crippen molar-refractivity contribution in [3.63, 3.8) is 0 Å². The molecule has 2 rings (SSSR count). The first-order chi connectivity index (χ1) is 9.26. The van der Waals surface area contributed by atoms with Crippen molar-refractivity contribution in [1.82, 2.24) is 5.32 Å². The van der Waals surface area contributed by atoms with Crippen LogP contribution in [-0.2, 0) is 0 Å². The first-order valence-corrected chi connectivity index (χ1v) is 7.42. The molecule has 0 bridgehead atoms. The van der Waals surface area contributed by atoms with E-state index in [-0.39, 0.29) is 6.10 Å². The molecule has 2 atom stereocenters. The van der Waals surface area contributed by atoms with Gasteiger partial charge in [0.1, 0.15) is 0 Å². The molecule has 1 N–H and O–H groups in total. The van der Waals surface area contributed by atoms with E-state index in [1.54, 1.807) is 0 Å². The fourth-order valence-corrected chi connectivity index (χ4v) is 2.48. The number of hydrogen-bond acceptors (Lipinski definition) is 3. The van der Waals surface area contributed by atoms with Gasteiger partial charge in [-0.15, -0.1) is 0 Å². The van der Waals surface area contributed by atoms with Crippen molar-refractivity contribution < 1.29 is 9.47 Å². The van der Waals surface area contributed by atoms with Gasteiger partial charge in [0, 0.05) is 18.0 Å². The van der Waals surface area contributed by atoms with Gasteiger partial charge in [0.05, 0.1) is 12.7 Å². The molecule has 1 aliphatic heterocycles. The summed E-state index contributed by atoms with van der Waals surface area (Å²) < 4.78 is 11.8. The maximum atomic E-state index is 6.01. The molecule has 0 amide bonds. The molecule has 3 nitrogen and oxygen atoms in total. The van der Waals surface area contributed by atoms with Gasteiger partial charge < -0.3 is 14.8 Å². The van der Waals surface area contributed by atoms with Gasteiger partial charge in [0.2, 0.25) is 0 Å². The average Bonchev–Trinajstić information content (AvgIpc) is 2.42. The molecule has 1 aliphatic rings. The van der Waals surface area contributed by atoms with Crippen molar-refractivity contribution in [3.05, 3.63) is 23.8 Å². The van der Waals surface area contributed by atoms with Gasteiger partial charge in [-0.3, -0.25) is 0 Å². The first kappa shape index (κ1) is 14.2. The van der Waals surface area contributed by atoms with E-state index < -0.39 is 0 Å². The fourth-order valence-electron chi connectivity index (χ4n) is 2.48. The maximum Gasteiger partial charge on any atom is 0.166 e. The highest BCUT2D eigenvalue weighted by Crippen LogP contribution is 2.41. The number of ether oxygens (including phenoxy) is 2. The molecule has 0 saturated carbocycles. The van der Waals surface area contributed by atoms with Crippen molar-refractivity contribution in [1.29, 1.82) is 0 Å². The molecule has 0 fully saturated rings. The zero-order valence-electron chi connectivity index (χ0n) is 12.2. The highest BCUT2D eigenvalue weighted by atomic mass is 16.5. The van der Waals surface area contributed by atoms with Crippen molar-refractivity contribution in [2.75, 3.05) is 13.2 Å². The van der Waals surface area contributed by atoms with Crippen LogP contribution in [0.15, 0.2) is 18.2 Å². The topological polar surface area (TPSA) is 30.5 Å². The average molecular weight is 263 g/mol. The van der Waals surface area contributed by atoms with E-state index in [9.17, 15) is 0 Å². The maximum absolute atomic E-state index is 6.01. The van der Waals surface area contributed by atoms with E-state index in [1.807, 2.05) is 6.07 Å². The molecule has 1 aromatic carbocycles. The van der Waals surface area contributed by atoms with E-state index in [2.05, 4.69) is 38.2 Å². The van der Waals surface area contributed by atoms with Crippen molar-refractivity contribution in [2.45, 2.75) is 52.2 Å². The SMILES string of the molecule is CCCNC1CC(C)Oc2c(OCCC)cccc21. The van der Waals surface area contributed by atoms with Gasteiger partial charge in [-0.05, 0) is 32.4 Å². The molecule has 1 aromatic rings.